The van der Waals surface area contributed by atoms with Crippen LogP contribution in [0, 0.1) is 11.8 Å². The van der Waals surface area contributed by atoms with Gasteiger partial charge in [0.25, 0.3) is 0 Å². The summed E-state index contributed by atoms with van der Waals surface area (Å²) in [6.07, 6.45) is 1.07. The van der Waals surface area contributed by atoms with Crippen LogP contribution in [0.4, 0.5) is 0 Å². The Kier molecular flexibility index (Phi) is 5.92. The van der Waals surface area contributed by atoms with Crippen LogP contribution in [0.25, 0.3) is 0 Å². The van der Waals surface area contributed by atoms with Crippen molar-refractivity contribution in [2.45, 2.75) is 39.0 Å². The summed E-state index contributed by atoms with van der Waals surface area (Å²) in [6, 6.07) is 4.86. The summed E-state index contributed by atoms with van der Waals surface area (Å²) in [5.41, 5.74) is 0. The Balaban J connectivity index is 2.33. The molecule has 6 heteroatoms. The molecule has 1 fully saturated rings. The van der Waals surface area contributed by atoms with Crippen LogP contribution in [0.3, 0.4) is 0 Å². The van der Waals surface area contributed by atoms with E-state index in [1.807, 2.05) is 13.8 Å². The number of ether oxygens (including phenoxy) is 2. The first kappa shape index (κ1) is 18.1. The van der Waals surface area contributed by atoms with Crippen LogP contribution in [0.15, 0.2) is 23.1 Å². The fraction of sp³-hybridized carbons (Fsp3) is 0.647. The highest BCUT2D eigenvalue weighted by Gasteiger charge is 2.32. The average Bonchev–Trinajstić information content (AvgIpc) is 2.48. The van der Waals surface area contributed by atoms with Gasteiger partial charge in [-0.3, -0.25) is 0 Å². The maximum absolute atomic E-state index is 12.9. The Morgan fingerprint density at radius 1 is 1.04 bits per heavy atom. The third kappa shape index (κ3) is 4.18. The average molecular weight is 341 g/mol. The molecule has 130 valence electrons. The minimum atomic E-state index is -3.50. The molecule has 1 saturated heterocycles. The van der Waals surface area contributed by atoms with Gasteiger partial charge in [0, 0.05) is 19.2 Å². The van der Waals surface area contributed by atoms with Gasteiger partial charge in [0.1, 0.15) is 0 Å². The van der Waals surface area contributed by atoms with Crippen molar-refractivity contribution < 1.29 is 17.9 Å². The third-order valence-corrected chi connectivity index (χ3v) is 5.82. The van der Waals surface area contributed by atoms with Crippen LogP contribution in [-0.2, 0) is 10.0 Å². The van der Waals surface area contributed by atoms with Crippen molar-refractivity contribution >= 4 is 10.0 Å². The molecule has 0 unspecified atom stereocenters. The summed E-state index contributed by atoms with van der Waals surface area (Å²) < 4.78 is 38.5. The van der Waals surface area contributed by atoms with Crippen molar-refractivity contribution in [2.75, 3.05) is 26.3 Å². The lowest BCUT2D eigenvalue weighted by Gasteiger charge is -2.34. The maximum atomic E-state index is 12.9. The van der Waals surface area contributed by atoms with Gasteiger partial charge in [-0.2, -0.15) is 4.31 Å². The number of piperidine rings is 1. The molecular formula is C17H27NO4S. The highest BCUT2D eigenvalue weighted by molar-refractivity contribution is 7.89. The van der Waals surface area contributed by atoms with E-state index in [0.717, 1.165) is 6.42 Å². The summed E-state index contributed by atoms with van der Waals surface area (Å²) in [4.78, 5) is 0.269. The molecule has 0 saturated carbocycles. The van der Waals surface area contributed by atoms with Crippen molar-refractivity contribution in [3.05, 3.63) is 18.2 Å². The van der Waals surface area contributed by atoms with E-state index < -0.39 is 10.0 Å². The summed E-state index contributed by atoms with van der Waals surface area (Å²) in [5.74, 6) is 1.81. The molecule has 0 aromatic heterocycles. The van der Waals surface area contributed by atoms with Crippen molar-refractivity contribution in [3.63, 3.8) is 0 Å². The van der Waals surface area contributed by atoms with E-state index in [1.54, 1.807) is 22.5 Å². The molecule has 0 aliphatic carbocycles. The lowest BCUT2D eigenvalue weighted by molar-refractivity contribution is 0.222. The zero-order chi connectivity index (χ0) is 17.0. The van der Waals surface area contributed by atoms with Crippen LogP contribution >= 0.6 is 0 Å². The number of rotatable bonds is 6. The smallest absolute Gasteiger partial charge is 0.243 e. The van der Waals surface area contributed by atoms with E-state index in [9.17, 15) is 8.42 Å². The highest BCUT2D eigenvalue weighted by atomic mass is 32.2. The first-order valence-electron chi connectivity index (χ1n) is 8.28. The Bertz CT molecular complexity index is 619. The molecule has 1 aromatic carbocycles. The maximum Gasteiger partial charge on any atom is 0.243 e. The predicted octanol–water partition coefficient (Wildman–Crippen LogP) is 3.15. The molecular weight excluding hydrogens is 314 g/mol. The normalized spacial score (nSPS) is 22.8. The second-order valence-electron chi connectivity index (χ2n) is 6.24. The van der Waals surface area contributed by atoms with E-state index >= 15 is 0 Å². The first-order chi connectivity index (χ1) is 10.9. The van der Waals surface area contributed by atoms with Crippen LogP contribution in [0.1, 0.15) is 34.1 Å². The second-order valence-corrected chi connectivity index (χ2v) is 8.18. The van der Waals surface area contributed by atoms with E-state index in [-0.39, 0.29) is 4.90 Å². The van der Waals surface area contributed by atoms with Crippen LogP contribution in [0.2, 0.25) is 0 Å². The van der Waals surface area contributed by atoms with Gasteiger partial charge in [-0.1, -0.05) is 13.8 Å². The topological polar surface area (TPSA) is 55.8 Å². The Hall–Kier alpha value is -1.27. The standard InChI is InChI=1S/C17H27NO4S/c1-5-21-16-8-7-15(10-17(16)22-6-2)23(19,20)18-11-13(3)9-14(4)12-18/h7-8,10,13-14H,5-6,9,11-12H2,1-4H3/t13-,14+. The Morgan fingerprint density at radius 2 is 1.61 bits per heavy atom. The summed E-state index contributed by atoms with van der Waals surface area (Å²) >= 11 is 0. The zero-order valence-electron chi connectivity index (χ0n) is 14.4. The number of hydrogen-bond acceptors (Lipinski definition) is 4. The highest BCUT2D eigenvalue weighted by Crippen LogP contribution is 2.33. The number of sulfonamides is 1. The SMILES string of the molecule is CCOc1ccc(S(=O)(=O)N2C[C@H](C)C[C@H](C)C2)cc1OCC. The van der Waals surface area contributed by atoms with Crippen LogP contribution in [0.5, 0.6) is 11.5 Å². The molecule has 1 aromatic rings. The monoisotopic (exact) mass is 341 g/mol. The van der Waals surface area contributed by atoms with Gasteiger partial charge in [-0.25, -0.2) is 8.42 Å². The Morgan fingerprint density at radius 3 is 2.17 bits per heavy atom. The lowest BCUT2D eigenvalue weighted by atomic mass is 9.94. The fourth-order valence-corrected chi connectivity index (χ4v) is 4.84. The van der Waals surface area contributed by atoms with Gasteiger partial charge in [-0.15, -0.1) is 0 Å². The number of benzene rings is 1. The zero-order valence-corrected chi connectivity index (χ0v) is 15.2. The number of nitrogens with zero attached hydrogens (tertiary/aromatic N) is 1. The predicted molar refractivity (Wildman–Crippen MR) is 90.5 cm³/mol. The van der Waals surface area contributed by atoms with Crippen molar-refractivity contribution in [2.24, 2.45) is 11.8 Å². The van der Waals surface area contributed by atoms with Gasteiger partial charge < -0.3 is 9.47 Å². The molecule has 0 bridgehead atoms. The molecule has 2 rings (SSSR count). The molecule has 23 heavy (non-hydrogen) atoms. The molecule has 0 N–H and O–H groups in total. The molecule has 1 aliphatic rings. The van der Waals surface area contributed by atoms with Gasteiger partial charge in [-0.05, 0) is 44.2 Å². The minimum absolute atomic E-state index is 0.269. The molecule has 5 nitrogen and oxygen atoms in total. The van der Waals surface area contributed by atoms with E-state index in [0.29, 0.717) is 49.6 Å². The summed E-state index contributed by atoms with van der Waals surface area (Å²) in [5, 5.41) is 0. The van der Waals surface area contributed by atoms with Crippen molar-refractivity contribution in [3.8, 4) is 11.5 Å². The van der Waals surface area contributed by atoms with Gasteiger partial charge >= 0.3 is 0 Å². The van der Waals surface area contributed by atoms with Crippen molar-refractivity contribution in [1.29, 1.82) is 0 Å². The number of hydrogen-bond donors (Lipinski definition) is 0. The van der Waals surface area contributed by atoms with Gasteiger partial charge in [0.05, 0.1) is 18.1 Å². The third-order valence-electron chi connectivity index (χ3n) is 3.99. The fourth-order valence-electron chi connectivity index (χ4n) is 3.14. The van der Waals surface area contributed by atoms with E-state index in [2.05, 4.69) is 13.8 Å². The second kappa shape index (κ2) is 7.53. The molecule has 0 amide bonds. The van der Waals surface area contributed by atoms with Crippen LogP contribution < -0.4 is 9.47 Å². The van der Waals surface area contributed by atoms with Crippen molar-refractivity contribution in [1.82, 2.24) is 4.31 Å². The molecule has 0 spiro atoms. The summed E-state index contributed by atoms with van der Waals surface area (Å²) in [6.45, 7) is 10.1. The van der Waals surface area contributed by atoms with Gasteiger partial charge in [0.15, 0.2) is 11.5 Å². The lowest BCUT2D eigenvalue weighted by Crippen LogP contribution is -2.42. The first-order valence-corrected chi connectivity index (χ1v) is 9.72. The largest absolute Gasteiger partial charge is 0.490 e. The van der Waals surface area contributed by atoms with E-state index in [1.165, 1.54) is 0 Å². The van der Waals surface area contributed by atoms with Crippen LogP contribution in [-0.4, -0.2) is 39.0 Å². The molecule has 2 atom stereocenters. The Labute approximate surface area is 139 Å². The van der Waals surface area contributed by atoms with Gasteiger partial charge in [0.2, 0.25) is 10.0 Å². The molecule has 1 heterocycles. The summed E-state index contributed by atoms with van der Waals surface area (Å²) in [7, 11) is -3.50. The van der Waals surface area contributed by atoms with E-state index in [4.69, 9.17) is 9.47 Å². The molecule has 0 radical (unpaired) electrons. The molecule has 1 aliphatic heterocycles. The minimum Gasteiger partial charge on any atom is -0.490 e. The quantitative estimate of drug-likeness (QED) is 0.797.